The molecule has 0 fully saturated rings. The highest BCUT2D eigenvalue weighted by atomic mass is 32.2. The number of carboxylic acids is 1. The summed E-state index contributed by atoms with van der Waals surface area (Å²) in [4.78, 5) is 12.7. The van der Waals surface area contributed by atoms with Crippen LogP contribution in [-0.2, 0) is 11.2 Å². The Balaban J connectivity index is 1.87. The van der Waals surface area contributed by atoms with Gasteiger partial charge in [0.15, 0.2) is 0 Å². The Morgan fingerprint density at radius 3 is 2.43 bits per heavy atom. The van der Waals surface area contributed by atoms with Gasteiger partial charge >= 0.3 is 5.97 Å². The summed E-state index contributed by atoms with van der Waals surface area (Å²) in [6, 6.07) is 22.2. The smallest absolute Gasteiger partial charge is 0.317 e. The van der Waals surface area contributed by atoms with Gasteiger partial charge in [-0.05, 0) is 41.8 Å². The molecule has 0 bridgehead atoms. The second kappa shape index (κ2) is 6.88. The highest BCUT2D eigenvalue weighted by Gasteiger charge is 2.20. The van der Waals surface area contributed by atoms with Crippen molar-refractivity contribution in [2.24, 2.45) is 0 Å². The second-order valence-electron chi connectivity index (χ2n) is 5.60. The molecular weight excluding hydrogens is 304 g/mol. The molecule has 0 saturated heterocycles. The maximum Gasteiger partial charge on any atom is 0.317 e. The molecule has 0 aliphatic heterocycles. The Bertz CT molecular complexity index is 819. The van der Waals surface area contributed by atoms with E-state index in [1.807, 2.05) is 55.5 Å². The molecule has 0 aliphatic carbocycles. The number of benzene rings is 3. The van der Waals surface area contributed by atoms with Gasteiger partial charge < -0.3 is 5.11 Å². The number of rotatable bonds is 5. The van der Waals surface area contributed by atoms with E-state index in [9.17, 15) is 9.90 Å². The van der Waals surface area contributed by atoms with Gasteiger partial charge in [-0.1, -0.05) is 60.2 Å². The highest BCUT2D eigenvalue weighted by Crippen LogP contribution is 2.29. The van der Waals surface area contributed by atoms with Gasteiger partial charge in [0, 0.05) is 4.90 Å². The van der Waals surface area contributed by atoms with Crippen LogP contribution in [0.3, 0.4) is 0 Å². The fourth-order valence-corrected chi connectivity index (χ4v) is 3.62. The molecule has 0 radical (unpaired) electrons. The Kier molecular flexibility index (Phi) is 4.68. The molecule has 0 saturated carbocycles. The summed E-state index contributed by atoms with van der Waals surface area (Å²) in [5, 5.41) is 11.4. The number of aliphatic carboxylic acids is 1. The second-order valence-corrected chi connectivity index (χ2v) is 6.88. The minimum Gasteiger partial charge on any atom is -0.480 e. The summed E-state index contributed by atoms with van der Waals surface area (Å²) < 4.78 is 0. The van der Waals surface area contributed by atoms with Crippen molar-refractivity contribution in [3.05, 3.63) is 77.9 Å². The van der Waals surface area contributed by atoms with Gasteiger partial charge in [0.1, 0.15) is 5.25 Å². The third kappa shape index (κ3) is 3.74. The van der Waals surface area contributed by atoms with E-state index >= 15 is 0 Å². The van der Waals surface area contributed by atoms with Crippen LogP contribution >= 0.6 is 11.8 Å². The Hall–Kier alpha value is -2.26. The van der Waals surface area contributed by atoms with E-state index in [1.54, 1.807) is 0 Å². The van der Waals surface area contributed by atoms with Crippen molar-refractivity contribution >= 4 is 28.5 Å². The van der Waals surface area contributed by atoms with Gasteiger partial charge in [0.05, 0.1) is 0 Å². The van der Waals surface area contributed by atoms with Gasteiger partial charge in [-0.25, -0.2) is 0 Å². The zero-order valence-electron chi connectivity index (χ0n) is 12.9. The molecule has 116 valence electrons. The average molecular weight is 322 g/mol. The summed E-state index contributed by atoms with van der Waals surface area (Å²) in [5.74, 6) is -0.775. The predicted octanol–water partition coefficient (Wildman–Crippen LogP) is 4.94. The summed E-state index contributed by atoms with van der Waals surface area (Å²) in [5.41, 5.74) is 2.25. The topological polar surface area (TPSA) is 37.3 Å². The Labute approximate surface area is 140 Å². The van der Waals surface area contributed by atoms with Gasteiger partial charge in [-0.3, -0.25) is 4.79 Å². The van der Waals surface area contributed by atoms with Crippen LogP contribution in [0, 0.1) is 6.92 Å². The molecule has 0 amide bonds. The fourth-order valence-electron chi connectivity index (χ4n) is 2.63. The van der Waals surface area contributed by atoms with E-state index in [4.69, 9.17) is 0 Å². The molecule has 3 aromatic carbocycles. The van der Waals surface area contributed by atoms with E-state index < -0.39 is 11.2 Å². The quantitative estimate of drug-likeness (QED) is 0.676. The number of aryl methyl sites for hydroxylation is 1. The number of hydrogen-bond acceptors (Lipinski definition) is 2. The van der Waals surface area contributed by atoms with Crippen LogP contribution < -0.4 is 0 Å². The number of hydrogen-bond donors (Lipinski definition) is 1. The van der Waals surface area contributed by atoms with Gasteiger partial charge in [-0.2, -0.15) is 0 Å². The average Bonchev–Trinajstić information content (AvgIpc) is 2.56. The van der Waals surface area contributed by atoms with Gasteiger partial charge in [0.2, 0.25) is 0 Å². The van der Waals surface area contributed by atoms with E-state index in [1.165, 1.54) is 17.3 Å². The Morgan fingerprint density at radius 2 is 1.70 bits per heavy atom. The molecule has 3 aromatic rings. The van der Waals surface area contributed by atoms with Crippen molar-refractivity contribution in [3.8, 4) is 0 Å². The molecule has 0 aliphatic rings. The normalized spacial score (nSPS) is 12.2. The first kappa shape index (κ1) is 15.6. The molecule has 3 heteroatoms. The SMILES string of the molecule is Cc1ccc(SC(Cc2cccc3ccccc23)C(=O)O)cc1. The maximum atomic E-state index is 11.7. The highest BCUT2D eigenvalue weighted by molar-refractivity contribution is 8.00. The third-order valence-corrected chi connectivity index (χ3v) is 5.06. The molecule has 23 heavy (non-hydrogen) atoms. The lowest BCUT2D eigenvalue weighted by molar-refractivity contribution is -0.136. The molecule has 0 aromatic heterocycles. The summed E-state index contributed by atoms with van der Waals surface area (Å²) in [6.07, 6.45) is 0.509. The molecule has 0 heterocycles. The Morgan fingerprint density at radius 1 is 1.00 bits per heavy atom. The zero-order valence-corrected chi connectivity index (χ0v) is 13.7. The molecule has 2 nitrogen and oxygen atoms in total. The number of fused-ring (bicyclic) bond motifs is 1. The minimum atomic E-state index is -0.775. The molecule has 1 unspecified atom stereocenters. The molecule has 3 rings (SSSR count). The van der Waals surface area contributed by atoms with E-state index in [2.05, 4.69) is 18.2 Å². The zero-order chi connectivity index (χ0) is 16.2. The lowest BCUT2D eigenvalue weighted by Gasteiger charge is -2.14. The number of carboxylic acid groups (broad SMARTS) is 1. The van der Waals surface area contributed by atoms with Crippen LogP contribution in [0.4, 0.5) is 0 Å². The van der Waals surface area contributed by atoms with Crippen LogP contribution in [0.2, 0.25) is 0 Å². The van der Waals surface area contributed by atoms with Gasteiger partial charge in [0.25, 0.3) is 0 Å². The van der Waals surface area contributed by atoms with Crippen molar-refractivity contribution < 1.29 is 9.90 Å². The minimum absolute atomic E-state index is 0.497. The molecule has 1 N–H and O–H groups in total. The first-order valence-corrected chi connectivity index (χ1v) is 8.44. The van der Waals surface area contributed by atoms with Crippen molar-refractivity contribution in [1.82, 2.24) is 0 Å². The number of carbonyl (C=O) groups is 1. The van der Waals surface area contributed by atoms with E-state index in [0.29, 0.717) is 6.42 Å². The first-order chi connectivity index (χ1) is 11.1. The molecular formula is C20H18O2S. The fraction of sp³-hybridized carbons (Fsp3) is 0.150. The van der Waals surface area contributed by atoms with Crippen molar-refractivity contribution in [3.63, 3.8) is 0 Å². The largest absolute Gasteiger partial charge is 0.480 e. The lowest BCUT2D eigenvalue weighted by atomic mass is 10.0. The predicted molar refractivity (Wildman–Crippen MR) is 96.1 cm³/mol. The van der Waals surface area contributed by atoms with Crippen LogP contribution in [-0.4, -0.2) is 16.3 Å². The van der Waals surface area contributed by atoms with Crippen molar-refractivity contribution in [2.45, 2.75) is 23.5 Å². The maximum absolute atomic E-state index is 11.7. The molecule has 1 atom stereocenters. The van der Waals surface area contributed by atoms with Crippen LogP contribution in [0.25, 0.3) is 10.8 Å². The summed E-state index contributed by atoms with van der Waals surface area (Å²) in [7, 11) is 0. The van der Waals surface area contributed by atoms with Crippen molar-refractivity contribution in [2.75, 3.05) is 0 Å². The first-order valence-electron chi connectivity index (χ1n) is 7.56. The van der Waals surface area contributed by atoms with Crippen molar-refractivity contribution in [1.29, 1.82) is 0 Å². The standard InChI is InChI=1S/C20H18O2S/c1-14-9-11-17(12-10-14)23-19(20(21)22)13-16-7-4-6-15-5-2-3-8-18(15)16/h2-12,19H,13H2,1H3,(H,21,22). The summed E-state index contributed by atoms with van der Waals surface area (Å²) in [6.45, 7) is 2.03. The van der Waals surface area contributed by atoms with E-state index in [0.717, 1.165) is 21.2 Å². The van der Waals surface area contributed by atoms with Gasteiger partial charge in [-0.15, -0.1) is 11.8 Å². The number of thioether (sulfide) groups is 1. The van der Waals surface area contributed by atoms with Crippen LogP contribution in [0.5, 0.6) is 0 Å². The van der Waals surface area contributed by atoms with Crippen LogP contribution in [0.15, 0.2) is 71.6 Å². The van der Waals surface area contributed by atoms with Crippen LogP contribution in [0.1, 0.15) is 11.1 Å². The monoisotopic (exact) mass is 322 g/mol. The lowest BCUT2D eigenvalue weighted by Crippen LogP contribution is -2.19. The molecule has 0 spiro atoms. The third-order valence-electron chi connectivity index (χ3n) is 3.86. The summed E-state index contributed by atoms with van der Waals surface area (Å²) >= 11 is 1.41. The van der Waals surface area contributed by atoms with E-state index in [-0.39, 0.29) is 0 Å².